The summed E-state index contributed by atoms with van der Waals surface area (Å²) in [7, 11) is 0. The normalized spacial score (nSPS) is 17.7. The van der Waals surface area contributed by atoms with Gasteiger partial charge in [0.25, 0.3) is 0 Å². The van der Waals surface area contributed by atoms with Gasteiger partial charge in [-0.2, -0.15) is 4.98 Å². The maximum absolute atomic E-state index is 5.48. The van der Waals surface area contributed by atoms with E-state index in [4.69, 9.17) is 4.74 Å². The van der Waals surface area contributed by atoms with Gasteiger partial charge in [-0.25, -0.2) is 4.98 Å². The summed E-state index contributed by atoms with van der Waals surface area (Å²) in [6.07, 6.45) is 6.80. The molecule has 2 aromatic rings. The molecule has 0 bridgehead atoms. The molecule has 0 aliphatic carbocycles. The minimum Gasteiger partial charge on any atom is -0.379 e. The molecule has 1 aliphatic heterocycles. The van der Waals surface area contributed by atoms with E-state index in [1.807, 2.05) is 25.3 Å². The fraction of sp³-hybridized carbons (Fsp3) is 0.471. The first kappa shape index (κ1) is 15.7. The molecule has 0 saturated carbocycles. The maximum atomic E-state index is 5.48. The Kier molecular flexibility index (Phi) is 5.37. The number of pyridine rings is 1. The Labute approximate surface area is 136 Å². The molecule has 0 unspecified atom stereocenters. The highest BCUT2D eigenvalue weighted by Gasteiger charge is 2.14. The number of anilines is 2. The molecule has 23 heavy (non-hydrogen) atoms. The molecule has 2 aromatic heterocycles. The quantitative estimate of drug-likeness (QED) is 0.853. The molecule has 6 heteroatoms. The number of aromatic nitrogens is 3. The highest BCUT2D eigenvalue weighted by atomic mass is 16.5. The zero-order valence-electron chi connectivity index (χ0n) is 13.5. The van der Waals surface area contributed by atoms with Gasteiger partial charge in [-0.15, -0.1) is 0 Å². The van der Waals surface area contributed by atoms with Gasteiger partial charge in [-0.05, 0) is 43.9 Å². The van der Waals surface area contributed by atoms with Crippen molar-refractivity contribution in [1.82, 2.24) is 15.0 Å². The average molecular weight is 313 g/mol. The van der Waals surface area contributed by atoms with Crippen molar-refractivity contribution >= 4 is 11.8 Å². The lowest BCUT2D eigenvalue weighted by atomic mass is 10.1. The number of rotatable bonds is 6. The molecule has 3 rings (SSSR count). The monoisotopic (exact) mass is 313 g/mol. The molecule has 2 N–H and O–H groups in total. The van der Waals surface area contributed by atoms with Crippen LogP contribution >= 0.6 is 0 Å². The zero-order valence-corrected chi connectivity index (χ0v) is 13.5. The Bertz CT molecular complexity index is 611. The predicted molar refractivity (Wildman–Crippen MR) is 90.7 cm³/mol. The fourth-order valence-corrected chi connectivity index (χ4v) is 2.55. The number of hydrogen-bond acceptors (Lipinski definition) is 6. The number of hydrogen-bond donors (Lipinski definition) is 2. The third kappa shape index (κ3) is 4.89. The highest BCUT2D eigenvalue weighted by Crippen LogP contribution is 2.13. The van der Waals surface area contributed by atoms with Gasteiger partial charge in [0, 0.05) is 31.2 Å². The highest BCUT2D eigenvalue weighted by molar-refractivity contribution is 5.40. The first-order valence-corrected chi connectivity index (χ1v) is 8.12. The molecular formula is C17H23N5O. The summed E-state index contributed by atoms with van der Waals surface area (Å²) in [5.74, 6) is 1.49. The van der Waals surface area contributed by atoms with Crippen LogP contribution in [0, 0.1) is 6.92 Å². The van der Waals surface area contributed by atoms with Crippen molar-refractivity contribution in [3.8, 4) is 0 Å². The van der Waals surface area contributed by atoms with Gasteiger partial charge in [0.05, 0.1) is 12.6 Å². The van der Waals surface area contributed by atoms with Crippen molar-refractivity contribution in [1.29, 1.82) is 0 Å². The Morgan fingerprint density at radius 1 is 1.26 bits per heavy atom. The zero-order chi connectivity index (χ0) is 15.9. The van der Waals surface area contributed by atoms with Gasteiger partial charge in [0.15, 0.2) is 0 Å². The summed E-state index contributed by atoms with van der Waals surface area (Å²) < 4.78 is 5.48. The second-order valence-electron chi connectivity index (χ2n) is 5.81. The molecule has 1 saturated heterocycles. The van der Waals surface area contributed by atoms with Crippen LogP contribution in [0.1, 0.15) is 24.1 Å². The van der Waals surface area contributed by atoms with Gasteiger partial charge in [-0.1, -0.05) is 6.07 Å². The van der Waals surface area contributed by atoms with Crippen LogP contribution in [-0.4, -0.2) is 40.8 Å². The first-order valence-electron chi connectivity index (χ1n) is 8.12. The van der Waals surface area contributed by atoms with Crippen molar-refractivity contribution in [3.05, 3.63) is 41.9 Å². The number of nitrogens with zero attached hydrogens (tertiary/aromatic N) is 3. The minimum absolute atomic E-state index is 0.338. The molecule has 6 nitrogen and oxygen atoms in total. The molecule has 0 radical (unpaired) electrons. The lowest BCUT2D eigenvalue weighted by Gasteiger charge is -2.23. The molecule has 3 heterocycles. The molecule has 0 spiro atoms. The Hall–Kier alpha value is -2.21. The van der Waals surface area contributed by atoms with Crippen LogP contribution in [0.15, 0.2) is 30.6 Å². The van der Waals surface area contributed by atoms with E-state index in [1.165, 1.54) is 5.56 Å². The summed E-state index contributed by atoms with van der Waals surface area (Å²) in [5, 5.41) is 6.67. The molecule has 0 amide bonds. The fourth-order valence-electron chi connectivity index (χ4n) is 2.55. The SMILES string of the molecule is Cc1ccc(CCNc2nccc(N[C@@H]3CCCOC3)n2)cn1. The Balaban J connectivity index is 1.49. The number of aryl methyl sites for hydroxylation is 1. The molecule has 122 valence electrons. The van der Waals surface area contributed by atoms with Crippen molar-refractivity contribution in [3.63, 3.8) is 0 Å². The largest absolute Gasteiger partial charge is 0.379 e. The summed E-state index contributed by atoms with van der Waals surface area (Å²) in [5.41, 5.74) is 2.24. The van der Waals surface area contributed by atoms with E-state index in [9.17, 15) is 0 Å². The molecular weight excluding hydrogens is 290 g/mol. The van der Waals surface area contributed by atoms with Crippen molar-refractivity contribution in [2.75, 3.05) is 30.4 Å². The van der Waals surface area contributed by atoms with Crippen molar-refractivity contribution in [2.45, 2.75) is 32.2 Å². The first-order chi connectivity index (χ1) is 11.3. The lowest BCUT2D eigenvalue weighted by Crippen LogP contribution is -2.30. The summed E-state index contributed by atoms with van der Waals surface area (Å²) in [4.78, 5) is 13.1. The van der Waals surface area contributed by atoms with E-state index in [-0.39, 0.29) is 0 Å². The minimum atomic E-state index is 0.338. The van der Waals surface area contributed by atoms with E-state index in [1.54, 1.807) is 6.20 Å². The Morgan fingerprint density at radius 2 is 2.22 bits per heavy atom. The van der Waals surface area contributed by atoms with Crippen LogP contribution in [0.25, 0.3) is 0 Å². The third-order valence-electron chi connectivity index (χ3n) is 3.84. The van der Waals surface area contributed by atoms with Crippen molar-refractivity contribution in [2.24, 2.45) is 0 Å². The van der Waals surface area contributed by atoms with E-state index >= 15 is 0 Å². The van der Waals surface area contributed by atoms with E-state index in [0.29, 0.717) is 12.0 Å². The molecule has 1 atom stereocenters. The predicted octanol–water partition coefficient (Wildman–Crippen LogP) is 2.43. The van der Waals surface area contributed by atoms with Gasteiger partial charge in [0.2, 0.25) is 5.95 Å². The second kappa shape index (κ2) is 7.87. The van der Waals surface area contributed by atoms with Gasteiger partial charge in [-0.3, -0.25) is 4.98 Å². The maximum Gasteiger partial charge on any atom is 0.224 e. The van der Waals surface area contributed by atoms with Gasteiger partial charge >= 0.3 is 0 Å². The standard InChI is InChI=1S/C17H23N5O/c1-13-4-5-14(11-20-13)6-8-18-17-19-9-7-16(22-17)21-15-3-2-10-23-12-15/h4-5,7,9,11,15H,2-3,6,8,10,12H2,1H3,(H2,18,19,21,22)/t15-/m1/s1. The molecule has 1 fully saturated rings. The number of ether oxygens (including phenoxy) is 1. The second-order valence-corrected chi connectivity index (χ2v) is 5.81. The van der Waals surface area contributed by atoms with E-state index in [0.717, 1.165) is 50.5 Å². The van der Waals surface area contributed by atoms with Gasteiger partial charge < -0.3 is 15.4 Å². The summed E-state index contributed by atoms with van der Waals surface area (Å²) in [6, 6.07) is 6.36. The van der Waals surface area contributed by atoms with Crippen LogP contribution in [-0.2, 0) is 11.2 Å². The van der Waals surface area contributed by atoms with Crippen LogP contribution in [0.5, 0.6) is 0 Å². The number of nitrogens with one attached hydrogen (secondary N) is 2. The Morgan fingerprint density at radius 3 is 3.00 bits per heavy atom. The smallest absolute Gasteiger partial charge is 0.224 e. The average Bonchev–Trinajstić information content (AvgIpc) is 2.58. The van der Waals surface area contributed by atoms with Crippen LogP contribution in [0.3, 0.4) is 0 Å². The van der Waals surface area contributed by atoms with Crippen LogP contribution < -0.4 is 10.6 Å². The third-order valence-corrected chi connectivity index (χ3v) is 3.84. The summed E-state index contributed by atoms with van der Waals surface area (Å²) >= 11 is 0. The van der Waals surface area contributed by atoms with Gasteiger partial charge in [0.1, 0.15) is 5.82 Å². The van der Waals surface area contributed by atoms with E-state index < -0.39 is 0 Å². The molecule has 1 aliphatic rings. The topological polar surface area (TPSA) is 72.0 Å². The lowest BCUT2D eigenvalue weighted by molar-refractivity contribution is 0.0875. The van der Waals surface area contributed by atoms with E-state index in [2.05, 4.69) is 31.7 Å². The van der Waals surface area contributed by atoms with Crippen LogP contribution in [0.4, 0.5) is 11.8 Å². The summed E-state index contributed by atoms with van der Waals surface area (Å²) in [6.45, 7) is 4.38. The van der Waals surface area contributed by atoms with Crippen molar-refractivity contribution < 1.29 is 4.74 Å². The van der Waals surface area contributed by atoms with Crippen LogP contribution in [0.2, 0.25) is 0 Å². The molecule has 0 aromatic carbocycles.